The van der Waals surface area contributed by atoms with Crippen molar-refractivity contribution in [3.05, 3.63) is 48.3 Å². The molecule has 1 N–H and O–H groups in total. The van der Waals surface area contributed by atoms with Gasteiger partial charge >= 0.3 is 0 Å². The molecule has 92 valence electrons. The van der Waals surface area contributed by atoms with Crippen molar-refractivity contribution in [1.82, 2.24) is 24.6 Å². The molecule has 5 heteroatoms. The van der Waals surface area contributed by atoms with E-state index in [1.165, 1.54) is 5.56 Å². The molecule has 0 saturated carbocycles. The molecule has 0 atom stereocenters. The van der Waals surface area contributed by atoms with E-state index in [1.807, 2.05) is 16.7 Å². The number of aryl methyl sites for hydroxylation is 1. The van der Waals surface area contributed by atoms with Crippen LogP contribution in [0.25, 0.3) is 28.2 Å². The molecule has 0 bridgehead atoms. The fraction of sp³-hybridized carbons (Fsp3) is 0.0714. The van der Waals surface area contributed by atoms with Gasteiger partial charge in [-0.1, -0.05) is 29.8 Å². The highest BCUT2D eigenvalue weighted by molar-refractivity contribution is 5.77. The van der Waals surface area contributed by atoms with Gasteiger partial charge in [-0.2, -0.15) is 0 Å². The molecule has 0 saturated heterocycles. The largest absolute Gasteiger partial charge is 0.345 e. The molecule has 4 rings (SSSR count). The lowest BCUT2D eigenvalue weighted by Crippen LogP contribution is -1.92. The summed E-state index contributed by atoms with van der Waals surface area (Å²) in [6, 6.07) is 10.3. The van der Waals surface area contributed by atoms with Crippen molar-refractivity contribution < 1.29 is 0 Å². The van der Waals surface area contributed by atoms with Gasteiger partial charge in [0.1, 0.15) is 0 Å². The van der Waals surface area contributed by atoms with Gasteiger partial charge in [-0.25, -0.2) is 4.98 Å². The van der Waals surface area contributed by atoms with Gasteiger partial charge in [0.2, 0.25) is 0 Å². The second-order valence-corrected chi connectivity index (χ2v) is 4.55. The van der Waals surface area contributed by atoms with Gasteiger partial charge in [0.05, 0.1) is 11.7 Å². The summed E-state index contributed by atoms with van der Waals surface area (Å²) >= 11 is 0. The fourth-order valence-corrected chi connectivity index (χ4v) is 2.27. The van der Waals surface area contributed by atoms with Crippen LogP contribution in [-0.4, -0.2) is 24.6 Å². The third-order valence-corrected chi connectivity index (χ3v) is 3.25. The van der Waals surface area contributed by atoms with Crippen molar-refractivity contribution in [3.8, 4) is 11.4 Å². The standard InChI is InChI=1S/C14H11N5/c1-9-2-4-10(5-3-9)14-18-17-12-8-16-13-11(19(12)14)6-7-15-13/h2-8,15H,1H3. The Balaban J connectivity index is 2.09. The van der Waals surface area contributed by atoms with Gasteiger partial charge in [0, 0.05) is 11.8 Å². The van der Waals surface area contributed by atoms with E-state index in [1.54, 1.807) is 6.20 Å². The normalized spacial score (nSPS) is 11.4. The minimum absolute atomic E-state index is 0.752. The number of hydrogen-bond acceptors (Lipinski definition) is 3. The topological polar surface area (TPSA) is 58.9 Å². The number of benzene rings is 1. The molecule has 0 aliphatic rings. The monoisotopic (exact) mass is 249 g/mol. The van der Waals surface area contributed by atoms with E-state index in [0.717, 1.165) is 28.2 Å². The van der Waals surface area contributed by atoms with E-state index < -0.39 is 0 Å². The summed E-state index contributed by atoms with van der Waals surface area (Å²) in [5, 5.41) is 8.47. The van der Waals surface area contributed by atoms with E-state index in [9.17, 15) is 0 Å². The lowest BCUT2D eigenvalue weighted by atomic mass is 10.1. The van der Waals surface area contributed by atoms with Crippen LogP contribution in [0.2, 0.25) is 0 Å². The molecule has 3 aromatic heterocycles. The number of H-pyrrole nitrogens is 1. The first-order chi connectivity index (χ1) is 9.33. The van der Waals surface area contributed by atoms with Crippen molar-refractivity contribution in [2.24, 2.45) is 0 Å². The van der Waals surface area contributed by atoms with Gasteiger partial charge in [-0.3, -0.25) is 4.40 Å². The third kappa shape index (κ3) is 1.45. The highest BCUT2D eigenvalue weighted by atomic mass is 15.3. The molecule has 0 fully saturated rings. The first kappa shape index (κ1) is 10.3. The Bertz CT molecular complexity index is 870. The summed E-state index contributed by atoms with van der Waals surface area (Å²) in [4.78, 5) is 7.41. The molecule has 1 aromatic carbocycles. The van der Waals surface area contributed by atoms with Crippen molar-refractivity contribution >= 4 is 16.8 Å². The van der Waals surface area contributed by atoms with Gasteiger partial charge in [-0.05, 0) is 13.0 Å². The predicted octanol–water partition coefficient (Wildman–Crippen LogP) is 2.58. The summed E-state index contributed by atoms with van der Waals surface area (Å²) in [5.74, 6) is 0.835. The molecule has 0 aliphatic heterocycles. The van der Waals surface area contributed by atoms with Crippen LogP contribution in [0, 0.1) is 6.92 Å². The summed E-state index contributed by atoms with van der Waals surface area (Å²) in [6.45, 7) is 2.07. The second kappa shape index (κ2) is 3.65. The van der Waals surface area contributed by atoms with E-state index in [-0.39, 0.29) is 0 Å². The Morgan fingerprint density at radius 1 is 1.05 bits per heavy atom. The highest BCUT2D eigenvalue weighted by Gasteiger charge is 2.11. The minimum atomic E-state index is 0.752. The van der Waals surface area contributed by atoms with Crippen LogP contribution in [0.15, 0.2) is 42.7 Å². The Morgan fingerprint density at radius 2 is 1.89 bits per heavy atom. The summed E-state index contributed by atoms with van der Waals surface area (Å²) in [7, 11) is 0. The van der Waals surface area contributed by atoms with E-state index in [2.05, 4.69) is 51.4 Å². The number of nitrogens with one attached hydrogen (secondary N) is 1. The average molecular weight is 249 g/mol. The van der Waals surface area contributed by atoms with Crippen molar-refractivity contribution in [1.29, 1.82) is 0 Å². The second-order valence-electron chi connectivity index (χ2n) is 4.55. The van der Waals surface area contributed by atoms with Crippen molar-refractivity contribution in [2.75, 3.05) is 0 Å². The molecule has 0 amide bonds. The number of hydrogen-bond donors (Lipinski definition) is 1. The lowest BCUT2D eigenvalue weighted by Gasteiger charge is -2.02. The Kier molecular flexibility index (Phi) is 1.97. The maximum absolute atomic E-state index is 4.31. The number of aromatic amines is 1. The maximum atomic E-state index is 4.31. The van der Waals surface area contributed by atoms with E-state index in [0.29, 0.717) is 0 Å². The fourth-order valence-electron chi connectivity index (χ4n) is 2.27. The number of rotatable bonds is 1. The molecule has 0 unspecified atom stereocenters. The van der Waals surface area contributed by atoms with Crippen LogP contribution >= 0.6 is 0 Å². The zero-order valence-corrected chi connectivity index (χ0v) is 10.3. The first-order valence-electron chi connectivity index (χ1n) is 6.07. The van der Waals surface area contributed by atoms with Crippen molar-refractivity contribution in [3.63, 3.8) is 0 Å². The van der Waals surface area contributed by atoms with Gasteiger partial charge < -0.3 is 4.98 Å². The van der Waals surface area contributed by atoms with Crippen LogP contribution in [0.3, 0.4) is 0 Å². The van der Waals surface area contributed by atoms with Gasteiger partial charge in [0.25, 0.3) is 0 Å². The van der Waals surface area contributed by atoms with E-state index in [4.69, 9.17) is 0 Å². The van der Waals surface area contributed by atoms with Crippen LogP contribution in [0.4, 0.5) is 0 Å². The Hall–Kier alpha value is -2.69. The molecule has 5 nitrogen and oxygen atoms in total. The quantitative estimate of drug-likeness (QED) is 0.564. The Labute approximate surface area is 108 Å². The molecular weight excluding hydrogens is 238 g/mol. The molecule has 0 aliphatic carbocycles. The summed E-state index contributed by atoms with van der Waals surface area (Å²) in [5.41, 5.74) is 4.85. The van der Waals surface area contributed by atoms with E-state index >= 15 is 0 Å². The first-order valence-corrected chi connectivity index (χ1v) is 6.07. The molecule has 0 radical (unpaired) electrons. The summed E-state index contributed by atoms with van der Waals surface area (Å²) in [6.07, 6.45) is 3.60. The Morgan fingerprint density at radius 3 is 2.74 bits per heavy atom. The average Bonchev–Trinajstić information content (AvgIpc) is 3.04. The number of aromatic nitrogens is 5. The van der Waals surface area contributed by atoms with Gasteiger partial charge in [-0.15, -0.1) is 10.2 Å². The molecular formula is C14H11N5. The minimum Gasteiger partial charge on any atom is -0.345 e. The zero-order chi connectivity index (χ0) is 12.8. The molecule has 19 heavy (non-hydrogen) atoms. The SMILES string of the molecule is Cc1ccc(-c2nnc3cnc4[nH]ccc4n23)cc1. The maximum Gasteiger partial charge on any atom is 0.180 e. The van der Waals surface area contributed by atoms with Gasteiger partial charge in [0.15, 0.2) is 17.1 Å². The van der Waals surface area contributed by atoms with Crippen LogP contribution in [0.5, 0.6) is 0 Å². The molecule has 3 heterocycles. The summed E-state index contributed by atoms with van der Waals surface area (Å²) < 4.78 is 2.02. The third-order valence-electron chi connectivity index (χ3n) is 3.25. The predicted molar refractivity (Wildman–Crippen MR) is 72.8 cm³/mol. The van der Waals surface area contributed by atoms with Crippen LogP contribution in [-0.2, 0) is 0 Å². The van der Waals surface area contributed by atoms with Crippen LogP contribution in [0.1, 0.15) is 5.56 Å². The highest BCUT2D eigenvalue weighted by Crippen LogP contribution is 2.22. The molecule has 4 aromatic rings. The number of nitrogens with zero attached hydrogens (tertiary/aromatic N) is 4. The number of fused-ring (bicyclic) bond motifs is 3. The van der Waals surface area contributed by atoms with Crippen molar-refractivity contribution in [2.45, 2.75) is 6.92 Å². The van der Waals surface area contributed by atoms with Crippen LogP contribution < -0.4 is 0 Å². The lowest BCUT2D eigenvalue weighted by molar-refractivity contribution is 1.11. The zero-order valence-electron chi connectivity index (χ0n) is 10.3. The molecule has 0 spiro atoms. The smallest absolute Gasteiger partial charge is 0.180 e.